The topological polar surface area (TPSA) is 91.8 Å². The molecule has 0 saturated carbocycles. The molecule has 0 aliphatic heterocycles. The fraction of sp³-hybridized carbons (Fsp3) is 0. The van der Waals surface area contributed by atoms with Gasteiger partial charge in [0, 0.05) is 5.38 Å². The summed E-state index contributed by atoms with van der Waals surface area (Å²) in [7, 11) is 0. The molecule has 0 radical (unpaired) electrons. The number of rotatable bonds is 2. The molecule has 2 aromatic heterocycles. The van der Waals surface area contributed by atoms with E-state index in [-0.39, 0.29) is 5.69 Å². The Labute approximate surface area is 76.3 Å². The van der Waals surface area contributed by atoms with Crippen LogP contribution in [0.4, 0.5) is 0 Å². The molecule has 0 atom stereocenters. The molecule has 0 amide bonds. The second kappa shape index (κ2) is 2.94. The van der Waals surface area contributed by atoms with Crippen LogP contribution in [0.3, 0.4) is 0 Å². The second-order valence-corrected chi connectivity index (χ2v) is 3.04. The molecule has 2 N–H and O–H groups in total. The monoisotopic (exact) mass is 196 g/mol. The van der Waals surface area contributed by atoms with Gasteiger partial charge in [-0.2, -0.15) is 5.10 Å². The molecule has 2 heterocycles. The van der Waals surface area contributed by atoms with Gasteiger partial charge in [-0.05, 0) is 0 Å². The molecule has 0 fully saturated rings. The maximum absolute atomic E-state index is 10.5. The summed E-state index contributed by atoms with van der Waals surface area (Å²) in [6, 6.07) is 0. The lowest BCUT2D eigenvalue weighted by Gasteiger charge is -1.84. The van der Waals surface area contributed by atoms with Crippen molar-refractivity contribution in [3.8, 4) is 10.8 Å². The predicted octanol–water partition coefficient (Wildman–Crippen LogP) is 0.626. The van der Waals surface area contributed by atoms with E-state index in [1.54, 1.807) is 0 Å². The highest BCUT2D eigenvalue weighted by Gasteiger charge is 2.11. The van der Waals surface area contributed by atoms with Crippen LogP contribution in [0.5, 0.6) is 0 Å². The third-order valence-electron chi connectivity index (χ3n) is 1.34. The first-order valence-corrected chi connectivity index (χ1v) is 4.20. The molecule has 0 spiro atoms. The first kappa shape index (κ1) is 7.87. The maximum atomic E-state index is 10.5. The summed E-state index contributed by atoms with van der Waals surface area (Å²) >= 11 is 1.21. The number of nitrogens with one attached hydrogen (secondary N) is 1. The van der Waals surface area contributed by atoms with Crippen LogP contribution in [0, 0.1) is 0 Å². The minimum Gasteiger partial charge on any atom is -0.476 e. The van der Waals surface area contributed by atoms with E-state index in [9.17, 15) is 4.79 Å². The molecule has 0 aliphatic carbocycles. The van der Waals surface area contributed by atoms with Crippen molar-refractivity contribution in [2.75, 3.05) is 0 Å². The molecule has 7 heteroatoms. The predicted molar refractivity (Wildman–Crippen MR) is 44.4 cm³/mol. The Hall–Kier alpha value is -1.76. The number of carboxylic acids is 1. The Balaban J connectivity index is 2.39. The lowest BCUT2D eigenvalue weighted by atomic mass is 10.5. The zero-order valence-electron chi connectivity index (χ0n) is 6.26. The Bertz CT molecular complexity index is 422. The highest BCUT2D eigenvalue weighted by Crippen LogP contribution is 2.18. The molecule has 0 aromatic carbocycles. The molecular formula is C6H4N4O2S. The van der Waals surface area contributed by atoms with Gasteiger partial charge >= 0.3 is 5.97 Å². The molecule has 6 nitrogen and oxygen atoms in total. The van der Waals surface area contributed by atoms with Crippen LogP contribution < -0.4 is 0 Å². The van der Waals surface area contributed by atoms with Crippen molar-refractivity contribution < 1.29 is 9.90 Å². The minimum atomic E-state index is -1.04. The Kier molecular flexibility index (Phi) is 1.78. The van der Waals surface area contributed by atoms with Crippen LogP contribution in [-0.4, -0.2) is 31.2 Å². The number of hydrogen-bond acceptors (Lipinski definition) is 5. The zero-order chi connectivity index (χ0) is 9.26. The molecular weight excluding hydrogens is 192 g/mol. The third kappa shape index (κ3) is 1.41. The normalized spacial score (nSPS) is 10.2. The van der Waals surface area contributed by atoms with Crippen molar-refractivity contribution in [2.24, 2.45) is 0 Å². The van der Waals surface area contributed by atoms with Gasteiger partial charge in [-0.3, -0.25) is 5.10 Å². The first-order valence-electron chi connectivity index (χ1n) is 3.32. The molecule has 0 saturated heterocycles. The molecule has 13 heavy (non-hydrogen) atoms. The number of aromatic amines is 1. The van der Waals surface area contributed by atoms with E-state index in [1.165, 1.54) is 23.0 Å². The molecule has 2 aromatic rings. The van der Waals surface area contributed by atoms with E-state index in [0.717, 1.165) is 0 Å². The van der Waals surface area contributed by atoms with Crippen molar-refractivity contribution in [3.05, 3.63) is 17.4 Å². The number of H-pyrrole nitrogens is 1. The van der Waals surface area contributed by atoms with Crippen LogP contribution in [0.2, 0.25) is 0 Å². The summed E-state index contributed by atoms with van der Waals surface area (Å²) in [5.74, 6) is -0.556. The summed E-state index contributed by atoms with van der Waals surface area (Å²) in [5.41, 5.74) is 0.0244. The van der Waals surface area contributed by atoms with Gasteiger partial charge in [-0.15, -0.1) is 11.3 Å². The summed E-state index contributed by atoms with van der Waals surface area (Å²) in [6.45, 7) is 0. The molecule has 2 rings (SSSR count). The second-order valence-electron chi connectivity index (χ2n) is 2.18. The van der Waals surface area contributed by atoms with E-state index in [4.69, 9.17) is 5.11 Å². The van der Waals surface area contributed by atoms with E-state index >= 15 is 0 Å². The van der Waals surface area contributed by atoms with Crippen molar-refractivity contribution in [2.45, 2.75) is 0 Å². The SMILES string of the molecule is O=C(O)c1csc(-c2ncn[nH]2)n1. The van der Waals surface area contributed by atoms with Crippen LogP contribution in [0.15, 0.2) is 11.7 Å². The van der Waals surface area contributed by atoms with Gasteiger partial charge in [0.15, 0.2) is 16.5 Å². The Morgan fingerprint density at radius 2 is 2.46 bits per heavy atom. The number of nitrogens with zero attached hydrogens (tertiary/aromatic N) is 3. The van der Waals surface area contributed by atoms with Gasteiger partial charge in [0.25, 0.3) is 0 Å². The van der Waals surface area contributed by atoms with Gasteiger partial charge in [-0.25, -0.2) is 14.8 Å². The number of thiazole rings is 1. The number of aromatic carboxylic acids is 1. The van der Waals surface area contributed by atoms with Gasteiger partial charge < -0.3 is 5.11 Å². The first-order chi connectivity index (χ1) is 6.27. The summed E-state index contributed by atoms with van der Waals surface area (Å²) in [6.07, 6.45) is 1.34. The van der Waals surface area contributed by atoms with Crippen molar-refractivity contribution in [1.29, 1.82) is 0 Å². The van der Waals surface area contributed by atoms with Crippen LogP contribution in [0.25, 0.3) is 10.8 Å². The smallest absolute Gasteiger partial charge is 0.355 e. The number of aromatic nitrogens is 4. The van der Waals surface area contributed by atoms with Crippen LogP contribution in [0.1, 0.15) is 10.5 Å². The lowest BCUT2D eigenvalue weighted by Crippen LogP contribution is -1.95. The van der Waals surface area contributed by atoms with Crippen LogP contribution in [-0.2, 0) is 0 Å². The van der Waals surface area contributed by atoms with Crippen molar-refractivity contribution in [3.63, 3.8) is 0 Å². The number of hydrogen-bond donors (Lipinski definition) is 2. The maximum Gasteiger partial charge on any atom is 0.355 e. The van der Waals surface area contributed by atoms with Crippen molar-refractivity contribution >= 4 is 17.3 Å². The van der Waals surface area contributed by atoms with E-state index in [0.29, 0.717) is 10.8 Å². The highest BCUT2D eigenvalue weighted by molar-refractivity contribution is 7.13. The summed E-state index contributed by atoms with van der Waals surface area (Å²) in [4.78, 5) is 18.2. The van der Waals surface area contributed by atoms with Crippen molar-refractivity contribution in [1.82, 2.24) is 20.2 Å². The van der Waals surface area contributed by atoms with Gasteiger partial charge in [-0.1, -0.05) is 0 Å². The molecule has 0 aliphatic rings. The summed E-state index contributed by atoms with van der Waals surface area (Å²) in [5, 5.41) is 16.8. The molecule has 0 unspecified atom stereocenters. The van der Waals surface area contributed by atoms with Crippen LogP contribution >= 0.6 is 11.3 Å². The van der Waals surface area contributed by atoms with E-state index in [2.05, 4.69) is 20.2 Å². The molecule has 0 bridgehead atoms. The Morgan fingerprint density at radius 3 is 3.00 bits per heavy atom. The standard InChI is InChI=1S/C6H4N4O2S/c11-6(12)3-1-13-5(9-3)4-7-2-8-10-4/h1-2H,(H,11,12)(H,7,8,10). The Morgan fingerprint density at radius 1 is 1.62 bits per heavy atom. The molecule has 66 valence electrons. The van der Waals surface area contributed by atoms with E-state index < -0.39 is 5.97 Å². The largest absolute Gasteiger partial charge is 0.476 e. The average Bonchev–Trinajstić information content (AvgIpc) is 2.75. The van der Waals surface area contributed by atoms with Gasteiger partial charge in [0.1, 0.15) is 6.33 Å². The lowest BCUT2D eigenvalue weighted by molar-refractivity contribution is 0.0691. The van der Waals surface area contributed by atoms with Gasteiger partial charge in [0.05, 0.1) is 0 Å². The quantitative estimate of drug-likeness (QED) is 0.734. The average molecular weight is 196 g/mol. The minimum absolute atomic E-state index is 0.0244. The number of carbonyl (C=O) groups is 1. The highest BCUT2D eigenvalue weighted by atomic mass is 32.1. The van der Waals surface area contributed by atoms with E-state index in [1.807, 2.05) is 0 Å². The third-order valence-corrected chi connectivity index (χ3v) is 2.19. The summed E-state index contributed by atoms with van der Waals surface area (Å²) < 4.78 is 0. The number of carboxylic acid groups (broad SMARTS) is 1. The zero-order valence-corrected chi connectivity index (χ0v) is 7.08. The fourth-order valence-electron chi connectivity index (χ4n) is 0.789. The fourth-order valence-corrected chi connectivity index (χ4v) is 1.53. The van der Waals surface area contributed by atoms with Gasteiger partial charge in [0.2, 0.25) is 0 Å².